The number of pyridine rings is 1. The van der Waals surface area contributed by atoms with Crippen molar-refractivity contribution >= 4 is 11.7 Å². The fourth-order valence-corrected chi connectivity index (χ4v) is 4.74. The molecule has 1 amide bonds. The monoisotopic (exact) mass is 431 g/mol. The quantitative estimate of drug-likeness (QED) is 0.618. The van der Waals surface area contributed by atoms with Gasteiger partial charge in [0.05, 0.1) is 5.69 Å². The zero-order chi connectivity index (χ0) is 21.8. The van der Waals surface area contributed by atoms with Crippen LogP contribution in [0.2, 0.25) is 0 Å². The molecule has 0 bridgehead atoms. The van der Waals surface area contributed by atoms with Gasteiger partial charge in [-0.05, 0) is 55.2 Å². The van der Waals surface area contributed by atoms with E-state index in [9.17, 15) is 4.79 Å². The molecule has 2 aromatic heterocycles. The van der Waals surface area contributed by atoms with E-state index in [1.807, 2.05) is 47.5 Å². The summed E-state index contributed by atoms with van der Waals surface area (Å²) in [5.41, 5.74) is 1.64. The maximum atomic E-state index is 13.1. The summed E-state index contributed by atoms with van der Waals surface area (Å²) in [5, 5.41) is 4.14. The number of amides is 1. The number of carbonyl (C=O) groups excluding carboxylic acids is 1. The Hall–Kier alpha value is -3.26. The van der Waals surface area contributed by atoms with Crippen molar-refractivity contribution in [3.63, 3.8) is 0 Å². The third-order valence-electron chi connectivity index (χ3n) is 6.47. The molecule has 8 nitrogen and oxygen atoms in total. The molecule has 4 heterocycles. The first kappa shape index (κ1) is 20.6. The first-order chi connectivity index (χ1) is 15.8. The topological polar surface area (TPSA) is 70.4 Å². The lowest BCUT2D eigenvalue weighted by atomic mass is 9.96. The predicted molar refractivity (Wildman–Crippen MR) is 123 cm³/mol. The average Bonchev–Trinajstić information content (AvgIpc) is 3.40. The highest BCUT2D eigenvalue weighted by molar-refractivity contribution is 5.94. The number of piperazine rings is 1. The van der Waals surface area contributed by atoms with Crippen LogP contribution in [0.3, 0.4) is 0 Å². The Balaban J connectivity index is 1.14. The Labute approximate surface area is 188 Å². The first-order valence-electron chi connectivity index (χ1n) is 11.4. The molecule has 2 fully saturated rings. The van der Waals surface area contributed by atoms with Crippen LogP contribution in [0.15, 0.2) is 61.3 Å². The standard InChI is InChI=1S/C24H29N7O/c32-24(21-6-8-22(9-7-21)31-19-25-18-27-31)30-11-3-4-20(17-30)16-28-12-14-29(15-13-28)23-5-1-2-10-26-23/h1-2,5-10,18-20H,3-4,11-17H2. The largest absolute Gasteiger partial charge is 0.354 e. The number of aromatic nitrogens is 4. The molecule has 1 unspecified atom stereocenters. The summed E-state index contributed by atoms with van der Waals surface area (Å²) in [7, 11) is 0. The van der Waals surface area contributed by atoms with Crippen molar-refractivity contribution in [2.45, 2.75) is 12.8 Å². The molecule has 0 spiro atoms. The fraction of sp³-hybridized carbons (Fsp3) is 0.417. The maximum absolute atomic E-state index is 13.1. The predicted octanol–water partition coefficient (Wildman–Crippen LogP) is 2.34. The van der Waals surface area contributed by atoms with E-state index < -0.39 is 0 Å². The van der Waals surface area contributed by atoms with E-state index >= 15 is 0 Å². The van der Waals surface area contributed by atoms with Crippen LogP contribution in [0.1, 0.15) is 23.2 Å². The van der Waals surface area contributed by atoms with Gasteiger partial charge in [-0.15, -0.1) is 0 Å². The van der Waals surface area contributed by atoms with Gasteiger partial charge < -0.3 is 9.80 Å². The number of piperidine rings is 1. The molecule has 1 atom stereocenters. The molecule has 2 aliphatic heterocycles. The van der Waals surface area contributed by atoms with Gasteiger partial charge in [-0.3, -0.25) is 9.69 Å². The molecule has 8 heteroatoms. The van der Waals surface area contributed by atoms with Gasteiger partial charge in [0.1, 0.15) is 18.5 Å². The van der Waals surface area contributed by atoms with Crippen LogP contribution in [0.25, 0.3) is 5.69 Å². The molecule has 2 aliphatic rings. The Morgan fingerprint density at radius 2 is 1.84 bits per heavy atom. The normalized spacial score (nSPS) is 19.8. The van der Waals surface area contributed by atoms with Crippen LogP contribution in [0, 0.1) is 5.92 Å². The number of hydrogen-bond acceptors (Lipinski definition) is 6. The minimum absolute atomic E-state index is 0.125. The molecule has 166 valence electrons. The number of carbonyl (C=O) groups is 1. The van der Waals surface area contributed by atoms with Gasteiger partial charge in [0.25, 0.3) is 5.91 Å². The van der Waals surface area contributed by atoms with Gasteiger partial charge in [-0.25, -0.2) is 14.6 Å². The molecule has 3 aromatic rings. The Morgan fingerprint density at radius 3 is 2.56 bits per heavy atom. The second-order valence-corrected chi connectivity index (χ2v) is 8.62. The SMILES string of the molecule is O=C(c1ccc(-n2cncn2)cc1)N1CCCC(CN2CCN(c3ccccn3)CC2)C1. The minimum Gasteiger partial charge on any atom is -0.354 e. The molecular weight excluding hydrogens is 402 g/mol. The van der Waals surface area contributed by atoms with E-state index in [2.05, 4.69) is 30.9 Å². The van der Waals surface area contributed by atoms with Crippen molar-refractivity contribution < 1.29 is 4.79 Å². The van der Waals surface area contributed by atoms with Gasteiger partial charge in [0.2, 0.25) is 0 Å². The fourth-order valence-electron chi connectivity index (χ4n) is 4.74. The Kier molecular flexibility index (Phi) is 6.11. The molecule has 2 saturated heterocycles. The van der Waals surface area contributed by atoms with E-state index in [0.29, 0.717) is 5.92 Å². The van der Waals surface area contributed by atoms with Gasteiger partial charge in [-0.2, -0.15) is 5.10 Å². The molecule has 32 heavy (non-hydrogen) atoms. The van der Waals surface area contributed by atoms with E-state index in [1.165, 1.54) is 12.7 Å². The number of anilines is 1. The summed E-state index contributed by atoms with van der Waals surface area (Å²) in [6.07, 6.45) is 7.28. The molecule has 0 saturated carbocycles. The van der Waals surface area contributed by atoms with Crippen molar-refractivity contribution in [3.05, 3.63) is 66.9 Å². The number of hydrogen-bond donors (Lipinski definition) is 0. The van der Waals surface area contributed by atoms with Crippen LogP contribution >= 0.6 is 0 Å². The molecular formula is C24H29N7O. The summed E-state index contributed by atoms with van der Waals surface area (Å²) in [4.78, 5) is 28.5. The van der Waals surface area contributed by atoms with E-state index in [4.69, 9.17) is 0 Å². The highest BCUT2D eigenvalue weighted by Gasteiger charge is 2.27. The van der Waals surface area contributed by atoms with Gasteiger partial charge >= 0.3 is 0 Å². The molecule has 5 rings (SSSR count). The van der Waals surface area contributed by atoms with Gasteiger partial charge in [0.15, 0.2) is 0 Å². The summed E-state index contributed by atoms with van der Waals surface area (Å²) in [6.45, 7) is 6.84. The number of rotatable bonds is 5. The second kappa shape index (κ2) is 9.48. The molecule has 0 aliphatic carbocycles. The Bertz CT molecular complexity index is 999. The lowest BCUT2D eigenvalue weighted by Gasteiger charge is -2.39. The van der Waals surface area contributed by atoms with Crippen molar-refractivity contribution in [2.75, 3.05) is 50.7 Å². The van der Waals surface area contributed by atoms with E-state index in [1.54, 1.807) is 11.0 Å². The zero-order valence-corrected chi connectivity index (χ0v) is 18.3. The lowest BCUT2D eigenvalue weighted by molar-refractivity contribution is 0.0637. The molecule has 0 radical (unpaired) electrons. The summed E-state index contributed by atoms with van der Waals surface area (Å²) < 4.78 is 1.69. The van der Waals surface area contributed by atoms with Crippen LogP contribution in [0.4, 0.5) is 5.82 Å². The highest BCUT2D eigenvalue weighted by atomic mass is 16.2. The van der Waals surface area contributed by atoms with Crippen molar-refractivity contribution in [3.8, 4) is 5.69 Å². The smallest absolute Gasteiger partial charge is 0.253 e. The summed E-state index contributed by atoms with van der Waals surface area (Å²) in [5.74, 6) is 1.72. The number of likely N-dealkylation sites (tertiary alicyclic amines) is 1. The van der Waals surface area contributed by atoms with Crippen LogP contribution in [0.5, 0.6) is 0 Å². The van der Waals surface area contributed by atoms with E-state index in [-0.39, 0.29) is 5.91 Å². The first-order valence-corrected chi connectivity index (χ1v) is 11.4. The van der Waals surface area contributed by atoms with Crippen LogP contribution < -0.4 is 4.90 Å². The average molecular weight is 432 g/mol. The van der Waals surface area contributed by atoms with Crippen LogP contribution in [-0.2, 0) is 0 Å². The van der Waals surface area contributed by atoms with Gasteiger partial charge in [0, 0.05) is 57.6 Å². The lowest BCUT2D eigenvalue weighted by Crippen LogP contribution is -2.50. The zero-order valence-electron chi connectivity index (χ0n) is 18.3. The van der Waals surface area contributed by atoms with Crippen molar-refractivity contribution in [1.29, 1.82) is 0 Å². The summed E-state index contributed by atoms with van der Waals surface area (Å²) >= 11 is 0. The number of nitrogens with zero attached hydrogens (tertiary/aromatic N) is 7. The third kappa shape index (κ3) is 4.65. The maximum Gasteiger partial charge on any atom is 0.253 e. The van der Waals surface area contributed by atoms with E-state index in [0.717, 1.165) is 69.3 Å². The van der Waals surface area contributed by atoms with Crippen molar-refractivity contribution in [1.82, 2.24) is 29.5 Å². The second-order valence-electron chi connectivity index (χ2n) is 8.62. The third-order valence-corrected chi connectivity index (χ3v) is 6.47. The summed E-state index contributed by atoms with van der Waals surface area (Å²) in [6, 6.07) is 13.7. The van der Waals surface area contributed by atoms with Crippen molar-refractivity contribution in [2.24, 2.45) is 5.92 Å². The molecule has 1 aromatic carbocycles. The van der Waals surface area contributed by atoms with Gasteiger partial charge in [-0.1, -0.05) is 6.07 Å². The molecule has 0 N–H and O–H groups in total. The highest BCUT2D eigenvalue weighted by Crippen LogP contribution is 2.21. The minimum atomic E-state index is 0.125. The number of benzene rings is 1. The van der Waals surface area contributed by atoms with Crippen LogP contribution in [-0.4, -0.2) is 81.3 Å². The Morgan fingerprint density at radius 1 is 1.00 bits per heavy atom.